The summed E-state index contributed by atoms with van der Waals surface area (Å²) < 4.78 is 0. The zero-order valence-corrected chi connectivity index (χ0v) is 9.84. The third-order valence-corrected chi connectivity index (χ3v) is 2.78. The molecule has 1 rings (SSSR count). The Hall–Kier alpha value is -0.920. The minimum Gasteiger partial charge on any atom is -0.370 e. The van der Waals surface area contributed by atoms with E-state index in [1.54, 1.807) is 0 Å². The monoisotopic (exact) mass is 208 g/mol. The molecule has 0 bridgehead atoms. The first-order chi connectivity index (χ1) is 7.43. The molecule has 2 N–H and O–H groups in total. The summed E-state index contributed by atoms with van der Waals surface area (Å²) in [5.74, 6) is 0. The predicted octanol–water partition coefficient (Wildman–Crippen LogP) is 3.28. The van der Waals surface area contributed by atoms with Gasteiger partial charge in [0.15, 0.2) is 0 Å². The molecule has 0 aromatic rings. The van der Waals surface area contributed by atoms with E-state index in [0.717, 1.165) is 0 Å². The normalized spacial score (nSPS) is 15.8. The number of rotatable bonds is 8. The highest BCUT2D eigenvalue weighted by atomic mass is 15.1. The molecule has 0 saturated carbocycles. The Morgan fingerprint density at radius 2 is 1.67 bits per heavy atom. The SMILES string of the molecule is C/C=C/CCCCCCCC1NC=CN1. The van der Waals surface area contributed by atoms with Gasteiger partial charge in [-0.05, 0) is 32.6 Å². The van der Waals surface area contributed by atoms with Crippen LogP contribution in [0.1, 0.15) is 51.9 Å². The molecule has 2 heteroatoms. The van der Waals surface area contributed by atoms with Crippen molar-refractivity contribution in [3.05, 3.63) is 24.6 Å². The molecule has 0 aliphatic carbocycles. The van der Waals surface area contributed by atoms with Crippen LogP contribution in [0.3, 0.4) is 0 Å². The van der Waals surface area contributed by atoms with Gasteiger partial charge in [0.25, 0.3) is 0 Å². The average Bonchev–Trinajstić information content (AvgIpc) is 2.75. The van der Waals surface area contributed by atoms with Gasteiger partial charge in [-0.1, -0.05) is 31.4 Å². The lowest BCUT2D eigenvalue weighted by atomic mass is 10.1. The lowest BCUT2D eigenvalue weighted by Gasteiger charge is -2.11. The van der Waals surface area contributed by atoms with E-state index >= 15 is 0 Å². The summed E-state index contributed by atoms with van der Waals surface area (Å²) in [6, 6.07) is 0. The van der Waals surface area contributed by atoms with E-state index in [1.165, 1.54) is 44.9 Å². The van der Waals surface area contributed by atoms with E-state index in [0.29, 0.717) is 6.17 Å². The van der Waals surface area contributed by atoms with Gasteiger partial charge in [0.05, 0.1) is 6.17 Å². The van der Waals surface area contributed by atoms with Crippen LogP contribution in [-0.4, -0.2) is 6.17 Å². The van der Waals surface area contributed by atoms with E-state index in [1.807, 2.05) is 12.4 Å². The fourth-order valence-corrected chi connectivity index (χ4v) is 1.85. The van der Waals surface area contributed by atoms with Crippen LogP contribution in [-0.2, 0) is 0 Å². The molecule has 1 aliphatic heterocycles. The molecule has 1 aliphatic rings. The summed E-state index contributed by atoms with van der Waals surface area (Å²) in [6.07, 6.45) is 18.2. The summed E-state index contributed by atoms with van der Waals surface area (Å²) in [5, 5.41) is 6.55. The molecule has 0 aromatic heterocycles. The summed E-state index contributed by atoms with van der Waals surface area (Å²) >= 11 is 0. The van der Waals surface area contributed by atoms with Gasteiger partial charge in [0, 0.05) is 12.4 Å². The van der Waals surface area contributed by atoms with Crippen molar-refractivity contribution >= 4 is 0 Å². The van der Waals surface area contributed by atoms with E-state index in [9.17, 15) is 0 Å². The van der Waals surface area contributed by atoms with E-state index in [2.05, 4.69) is 29.7 Å². The van der Waals surface area contributed by atoms with Crippen LogP contribution < -0.4 is 10.6 Å². The average molecular weight is 208 g/mol. The van der Waals surface area contributed by atoms with Crippen molar-refractivity contribution in [2.45, 2.75) is 58.0 Å². The van der Waals surface area contributed by atoms with Gasteiger partial charge in [-0.15, -0.1) is 0 Å². The zero-order valence-electron chi connectivity index (χ0n) is 9.84. The predicted molar refractivity (Wildman–Crippen MR) is 66.3 cm³/mol. The Balaban J connectivity index is 1.77. The Bertz CT molecular complexity index is 189. The maximum absolute atomic E-state index is 3.27. The number of hydrogen-bond acceptors (Lipinski definition) is 2. The second-order valence-electron chi connectivity index (χ2n) is 4.13. The Labute approximate surface area is 93.8 Å². The number of allylic oxidation sites excluding steroid dienone is 2. The summed E-state index contributed by atoms with van der Waals surface area (Å²) in [7, 11) is 0. The summed E-state index contributed by atoms with van der Waals surface area (Å²) in [6.45, 7) is 2.09. The Morgan fingerprint density at radius 1 is 1.00 bits per heavy atom. The highest BCUT2D eigenvalue weighted by molar-refractivity contribution is 4.90. The van der Waals surface area contributed by atoms with Crippen LogP contribution in [0.2, 0.25) is 0 Å². The van der Waals surface area contributed by atoms with Crippen molar-refractivity contribution in [2.24, 2.45) is 0 Å². The molecule has 0 radical (unpaired) electrons. The molecular formula is C13H24N2. The lowest BCUT2D eigenvalue weighted by molar-refractivity contribution is 0.484. The quantitative estimate of drug-likeness (QED) is 0.472. The number of nitrogens with one attached hydrogen (secondary N) is 2. The molecule has 0 amide bonds. The van der Waals surface area contributed by atoms with Crippen molar-refractivity contribution in [3.63, 3.8) is 0 Å². The third kappa shape index (κ3) is 6.21. The molecule has 0 atom stereocenters. The molecule has 2 nitrogen and oxygen atoms in total. The molecule has 15 heavy (non-hydrogen) atoms. The van der Waals surface area contributed by atoms with Gasteiger partial charge >= 0.3 is 0 Å². The van der Waals surface area contributed by atoms with E-state index in [-0.39, 0.29) is 0 Å². The van der Waals surface area contributed by atoms with Crippen LogP contribution in [0.15, 0.2) is 24.6 Å². The first kappa shape index (κ1) is 12.2. The van der Waals surface area contributed by atoms with Crippen LogP contribution >= 0.6 is 0 Å². The molecule has 0 fully saturated rings. The second kappa shape index (κ2) is 8.39. The smallest absolute Gasteiger partial charge is 0.0955 e. The minimum absolute atomic E-state index is 0.494. The van der Waals surface area contributed by atoms with Gasteiger partial charge in [0.1, 0.15) is 0 Å². The van der Waals surface area contributed by atoms with Crippen molar-refractivity contribution in [1.29, 1.82) is 0 Å². The van der Waals surface area contributed by atoms with Crippen molar-refractivity contribution in [3.8, 4) is 0 Å². The Kier molecular flexibility index (Phi) is 6.80. The Morgan fingerprint density at radius 3 is 2.40 bits per heavy atom. The van der Waals surface area contributed by atoms with Gasteiger partial charge in [0.2, 0.25) is 0 Å². The molecule has 86 valence electrons. The minimum atomic E-state index is 0.494. The number of unbranched alkanes of at least 4 members (excludes halogenated alkanes) is 5. The van der Waals surface area contributed by atoms with Crippen molar-refractivity contribution in [2.75, 3.05) is 0 Å². The molecule has 0 unspecified atom stereocenters. The number of hydrogen-bond donors (Lipinski definition) is 2. The van der Waals surface area contributed by atoms with E-state index in [4.69, 9.17) is 0 Å². The summed E-state index contributed by atoms with van der Waals surface area (Å²) in [4.78, 5) is 0. The van der Waals surface area contributed by atoms with Gasteiger partial charge in [-0.3, -0.25) is 0 Å². The van der Waals surface area contributed by atoms with Crippen molar-refractivity contribution in [1.82, 2.24) is 10.6 Å². The molecule has 1 heterocycles. The van der Waals surface area contributed by atoms with Gasteiger partial charge < -0.3 is 10.6 Å². The molecule has 0 saturated heterocycles. The highest BCUT2D eigenvalue weighted by Crippen LogP contribution is 2.09. The first-order valence-corrected chi connectivity index (χ1v) is 6.22. The zero-order chi connectivity index (χ0) is 10.8. The fraction of sp³-hybridized carbons (Fsp3) is 0.692. The largest absolute Gasteiger partial charge is 0.370 e. The van der Waals surface area contributed by atoms with Crippen LogP contribution in [0.5, 0.6) is 0 Å². The highest BCUT2D eigenvalue weighted by Gasteiger charge is 2.05. The molecule has 0 spiro atoms. The van der Waals surface area contributed by atoms with Crippen LogP contribution in [0.25, 0.3) is 0 Å². The van der Waals surface area contributed by atoms with Crippen LogP contribution in [0.4, 0.5) is 0 Å². The van der Waals surface area contributed by atoms with Crippen LogP contribution in [0, 0.1) is 0 Å². The standard InChI is InChI=1S/C13H24N2/c1-2-3-4-5-6-7-8-9-10-13-14-11-12-15-13/h2-3,11-15H,4-10H2,1H3/b3-2+. The molecule has 0 aromatic carbocycles. The van der Waals surface area contributed by atoms with E-state index < -0.39 is 0 Å². The van der Waals surface area contributed by atoms with Gasteiger partial charge in [-0.25, -0.2) is 0 Å². The topological polar surface area (TPSA) is 24.1 Å². The maximum atomic E-state index is 3.27. The maximum Gasteiger partial charge on any atom is 0.0955 e. The third-order valence-electron chi connectivity index (χ3n) is 2.78. The van der Waals surface area contributed by atoms with Crippen molar-refractivity contribution < 1.29 is 0 Å². The molecular weight excluding hydrogens is 184 g/mol. The van der Waals surface area contributed by atoms with Gasteiger partial charge in [-0.2, -0.15) is 0 Å². The summed E-state index contributed by atoms with van der Waals surface area (Å²) in [5.41, 5.74) is 0. The lowest BCUT2D eigenvalue weighted by Crippen LogP contribution is -2.30. The second-order valence-corrected chi connectivity index (χ2v) is 4.13. The fourth-order valence-electron chi connectivity index (χ4n) is 1.85. The first-order valence-electron chi connectivity index (χ1n) is 6.22.